The number of carbonyl (C=O) groups is 2. The van der Waals surface area contributed by atoms with E-state index >= 15 is 0 Å². The van der Waals surface area contributed by atoms with Crippen molar-refractivity contribution in [2.45, 2.75) is 26.2 Å². The molecule has 3 rings (SSSR count). The number of hydrogen-bond donors (Lipinski definition) is 1. The Kier molecular flexibility index (Phi) is 4.97. The lowest BCUT2D eigenvalue weighted by atomic mass is 10.0. The van der Waals surface area contributed by atoms with E-state index in [1.165, 1.54) is 18.2 Å². The Morgan fingerprint density at radius 2 is 2.04 bits per heavy atom. The molecule has 0 bridgehead atoms. The highest BCUT2D eigenvalue weighted by Crippen LogP contribution is 2.25. The van der Waals surface area contributed by atoms with Crippen LogP contribution < -0.4 is 10.1 Å². The number of aryl methyl sites for hydroxylation is 2. The topological polar surface area (TPSA) is 98.5 Å². The molecule has 1 aliphatic heterocycles. The number of ketones is 1. The van der Waals surface area contributed by atoms with Crippen molar-refractivity contribution in [3.8, 4) is 5.75 Å². The van der Waals surface area contributed by atoms with E-state index in [1.807, 2.05) is 0 Å². The van der Waals surface area contributed by atoms with E-state index in [4.69, 9.17) is 4.74 Å². The fourth-order valence-corrected chi connectivity index (χ4v) is 2.90. The van der Waals surface area contributed by atoms with Crippen molar-refractivity contribution >= 4 is 23.1 Å². The molecule has 2 aromatic rings. The number of nitro benzene ring substituents is 1. The minimum absolute atomic E-state index is 0.0106. The molecule has 7 heteroatoms. The highest BCUT2D eigenvalue weighted by Gasteiger charge is 2.16. The van der Waals surface area contributed by atoms with Gasteiger partial charge in [0.1, 0.15) is 5.75 Å². The standard InChI is InChI=1S/C19H18N2O5/c1-12-9-15(6-8-17(12)21(24)25)26-11-18(22)14-5-7-16-13(10-14)3-2-4-19(23)20-16/h5-10H,2-4,11H2,1H3,(H,20,23). The second-order valence-corrected chi connectivity index (χ2v) is 6.19. The van der Waals surface area contributed by atoms with Gasteiger partial charge in [-0.1, -0.05) is 0 Å². The summed E-state index contributed by atoms with van der Waals surface area (Å²) in [6.45, 7) is 1.45. The third-order valence-corrected chi connectivity index (χ3v) is 4.29. The number of nitro groups is 1. The van der Waals surface area contributed by atoms with Crippen LogP contribution in [0, 0.1) is 17.0 Å². The molecule has 0 aliphatic carbocycles. The van der Waals surface area contributed by atoms with E-state index < -0.39 is 4.92 Å². The minimum Gasteiger partial charge on any atom is -0.485 e. The van der Waals surface area contributed by atoms with Crippen LogP contribution in [0.2, 0.25) is 0 Å². The first kappa shape index (κ1) is 17.6. The lowest BCUT2D eigenvalue weighted by Crippen LogP contribution is -2.13. The van der Waals surface area contributed by atoms with Crippen molar-refractivity contribution in [3.05, 3.63) is 63.2 Å². The monoisotopic (exact) mass is 354 g/mol. The highest BCUT2D eigenvalue weighted by atomic mass is 16.6. The van der Waals surface area contributed by atoms with Crippen molar-refractivity contribution in [2.24, 2.45) is 0 Å². The predicted molar refractivity (Wildman–Crippen MR) is 95.7 cm³/mol. The maximum absolute atomic E-state index is 12.4. The number of amides is 1. The zero-order chi connectivity index (χ0) is 18.7. The van der Waals surface area contributed by atoms with Crippen LogP contribution in [0.4, 0.5) is 11.4 Å². The van der Waals surface area contributed by atoms with Crippen molar-refractivity contribution < 1.29 is 19.2 Å². The van der Waals surface area contributed by atoms with Crippen LogP contribution in [0.1, 0.15) is 34.3 Å². The normalized spacial score (nSPS) is 13.3. The summed E-state index contributed by atoms with van der Waals surface area (Å²) < 4.78 is 5.48. The first-order valence-electron chi connectivity index (χ1n) is 8.28. The lowest BCUT2D eigenvalue weighted by Gasteiger charge is -2.10. The van der Waals surface area contributed by atoms with Crippen LogP contribution in [0.5, 0.6) is 5.75 Å². The third-order valence-electron chi connectivity index (χ3n) is 4.29. The molecule has 0 fully saturated rings. The number of rotatable bonds is 5. The summed E-state index contributed by atoms with van der Waals surface area (Å²) in [5.41, 5.74) is 2.68. The van der Waals surface area contributed by atoms with Gasteiger partial charge >= 0.3 is 0 Å². The van der Waals surface area contributed by atoms with Gasteiger partial charge < -0.3 is 10.1 Å². The first-order chi connectivity index (χ1) is 12.4. The van der Waals surface area contributed by atoms with Crippen molar-refractivity contribution in [2.75, 3.05) is 11.9 Å². The van der Waals surface area contributed by atoms with E-state index in [0.29, 0.717) is 23.3 Å². The van der Waals surface area contributed by atoms with Gasteiger partial charge in [0.25, 0.3) is 5.69 Å². The average Bonchev–Trinajstić information content (AvgIpc) is 2.79. The SMILES string of the molecule is Cc1cc(OCC(=O)c2ccc3c(c2)CCCC(=O)N3)ccc1[N+](=O)[O-]. The summed E-state index contributed by atoms with van der Waals surface area (Å²) in [7, 11) is 0. The summed E-state index contributed by atoms with van der Waals surface area (Å²) in [6, 6.07) is 9.57. The largest absolute Gasteiger partial charge is 0.485 e. The molecule has 7 nitrogen and oxygen atoms in total. The average molecular weight is 354 g/mol. The van der Waals surface area contributed by atoms with E-state index in [0.717, 1.165) is 24.1 Å². The number of nitrogens with one attached hydrogen (secondary N) is 1. The molecule has 1 heterocycles. The maximum Gasteiger partial charge on any atom is 0.272 e. The van der Waals surface area contributed by atoms with Crippen LogP contribution in [0.3, 0.4) is 0 Å². The first-order valence-corrected chi connectivity index (χ1v) is 8.28. The fourth-order valence-electron chi connectivity index (χ4n) is 2.90. The van der Waals surface area contributed by atoms with Crippen LogP contribution in [-0.4, -0.2) is 23.2 Å². The van der Waals surface area contributed by atoms with Gasteiger partial charge in [-0.25, -0.2) is 0 Å². The van der Waals surface area contributed by atoms with Gasteiger partial charge in [-0.2, -0.15) is 0 Å². The summed E-state index contributed by atoms with van der Waals surface area (Å²) >= 11 is 0. The summed E-state index contributed by atoms with van der Waals surface area (Å²) in [6.07, 6.45) is 1.95. The fraction of sp³-hybridized carbons (Fsp3) is 0.263. The van der Waals surface area contributed by atoms with Gasteiger partial charge in [0.15, 0.2) is 12.4 Å². The number of nitrogens with zero attached hydrogens (tertiary/aromatic N) is 1. The van der Waals surface area contributed by atoms with Crippen molar-refractivity contribution in [1.29, 1.82) is 0 Å². The van der Waals surface area contributed by atoms with Gasteiger partial charge in [0.2, 0.25) is 5.91 Å². The molecule has 0 radical (unpaired) electrons. The molecule has 1 aliphatic rings. The van der Waals surface area contributed by atoms with Crippen molar-refractivity contribution in [1.82, 2.24) is 0 Å². The summed E-state index contributed by atoms with van der Waals surface area (Å²) in [4.78, 5) is 34.3. The Bertz CT molecular complexity index is 891. The predicted octanol–water partition coefficient (Wildman–Crippen LogP) is 3.44. The van der Waals surface area contributed by atoms with E-state index in [2.05, 4.69) is 5.32 Å². The van der Waals surface area contributed by atoms with E-state index in [9.17, 15) is 19.7 Å². The van der Waals surface area contributed by atoms with Gasteiger partial charge in [0.05, 0.1) is 4.92 Å². The highest BCUT2D eigenvalue weighted by molar-refractivity contribution is 5.99. The second-order valence-electron chi connectivity index (χ2n) is 6.19. The zero-order valence-electron chi connectivity index (χ0n) is 14.3. The molecule has 1 N–H and O–H groups in total. The molecule has 0 atom stereocenters. The molecule has 0 aromatic heterocycles. The van der Waals surface area contributed by atoms with Crippen LogP contribution in [-0.2, 0) is 11.2 Å². The van der Waals surface area contributed by atoms with Crippen LogP contribution in [0.25, 0.3) is 0 Å². The molecule has 0 saturated heterocycles. The van der Waals surface area contributed by atoms with Gasteiger partial charge in [-0.3, -0.25) is 19.7 Å². The molecule has 2 aromatic carbocycles. The Morgan fingerprint density at radius 3 is 2.77 bits per heavy atom. The number of Topliss-reactive ketones (excluding diaryl/α,β-unsaturated/α-hetero) is 1. The number of carbonyl (C=O) groups excluding carboxylic acids is 2. The molecule has 26 heavy (non-hydrogen) atoms. The van der Waals surface area contributed by atoms with Crippen molar-refractivity contribution in [3.63, 3.8) is 0 Å². The lowest BCUT2D eigenvalue weighted by molar-refractivity contribution is -0.385. The third kappa shape index (κ3) is 3.88. The molecule has 1 amide bonds. The quantitative estimate of drug-likeness (QED) is 0.504. The van der Waals surface area contributed by atoms with Gasteiger partial charge in [-0.05, 0) is 55.7 Å². The number of benzene rings is 2. The molecular formula is C19H18N2O5. The summed E-state index contributed by atoms with van der Waals surface area (Å²) in [5.74, 6) is 0.197. The molecule has 0 saturated carbocycles. The Hall–Kier alpha value is -3.22. The van der Waals surface area contributed by atoms with E-state index in [-0.39, 0.29) is 24.0 Å². The Labute approximate surface area is 150 Å². The smallest absolute Gasteiger partial charge is 0.272 e. The van der Waals surface area contributed by atoms with E-state index in [1.54, 1.807) is 25.1 Å². The number of anilines is 1. The number of fused-ring (bicyclic) bond motifs is 1. The van der Waals surface area contributed by atoms with Crippen LogP contribution in [0.15, 0.2) is 36.4 Å². The van der Waals surface area contributed by atoms with Gasteiger partial charge in [0, 0.05) is 29.3 Å². The summed E-state index contributed by atoms with van der Waals surface area (Å²) in [5, 5.41) is 13.7. The number of hydrogen-bond acceptors (Lipinski definition) is 5. The molecule has 0 unspecified atom stereocenters. The second kappa shape index (κ2) is 7.35. The molecule has 0 spiro atoms. The molecule has 134 valence electrons. The Balaban J connectivity index is 1.69. The molecular weight excluding hydrogens is 336 g/mol. The van der Waals surface area contributed by atoms with Gasteiger partial charge in [-0.15, -0.1) is 0 Å². The Morgan fingerprint density at radius 1 is 1.23 bits per heavy atom. The minimum atomic E-state index is -0.460. The number of ether oxygens (including phenoxy) is 1. The van der Waals surface area contributed by atoms with Crippen LogP contribution >= 0.6 is 0 Å². The zero-order valence-corrected chi connectivity index (χ0v) is 14.3. The maximum atomic E-state index is 12.4.